The van der Waals surface area contributed by atoms with Crippen LogP contribution in [0.3, 0.4) is 0 Å². The Hall–Kier alpha value is -1.16. The van der Waals surface area contributed by atoms with Gasteiger partial charge in [-0.05, 0) is 39.5 Å². The smallest absolute Gasteiger partial charge is 0.135 e. The van der Waals surface area contributed by atoms with Gasteiger partial charge in [-0.1, -0.05) is 0 Å². The number of hydrogen-bond donors (Lipinski definition) is 1. The summed E-state index contributed by atoms with van der Waals surface area (Å²) in [5.74, 6) is 1.03. The molecule has 0 atom stereocenters. The van der Waals surface area contributed by atoms with Crippen LogP contribution in [0.4, 0.5) is 5.82 Å². The van der Waals surface area contributed by atoms with E-state index in [2.05, 4.69) is 28.7 Å². The Bertz CT molecular complexity index is 379. The van der Waals surface area contributed by atoms with E-state index in [1.165, 1.54) is 24.1 Å². The monoisotopic (exact) mass is 235 g/mol. The summed E-state index contributed by atoms with van der Waals surface area (Å²) in [7, 11) is 0. The topological polar surface area (TPSA) is 49.2 Å². The van der Waals surface area contributed by atoms with Crippen molar-refractivity contribution in [2.24, 2.45) is 0 Å². The number of anilines is 1. The van der Waals surface area contributed by atoms with Gasteiger partial charge in [0, 0.05) is 23.8 Å². The molecule has 1 aromatic rings. The van der Waals surface area contributed by atoms with Crippen molar-refractivity contribution in [2.75, 3.05) is 18.1 Å². The third-order valence-electron chi connectivity index (χ3n) is 3.34. The second kappa shape index (κ2) is 5.45. The van der Waals surface area contributed by atoms with E-state index >= 15 is 0 Å². The van der Waals surface area contributed by atoms with Crippen LogP contribution in [-0.4, -0.2) is 34.3 Å². The highest BCUT2D eigenvalue weighted by atomic mass is 16.3. The van der Waals surface area contributed by atoms with Gasteiger partial charge in [-0.2, -0.15) is 0 Å². The van der Waals surface area contributed by atoms with Crippen LogP contribution in [-0.2, 0) is 12.8 Å². The normalized spacial score (nSPS) is 14.8. The summed E-state index contributed by atoms with van der Waals surface area (Å²) >= 11 is 0. The molecule has 0 saturated carbocycles. The maximum absolute atomic E-state index is 9.17. The van der Waals surface area contributed by atoms with E-state index in [0.717, 1.165) is 18.7 Å². The fraction of sp³-hybridized carbons (Fsp3) is 0.692. The predicted molar refractivity (Wildman–Crippen MR) is 68.2 cm³/mol. The summed E-state index contributed by atoms with van der Waals surface area (Å²) in [6, 6.07) is 0.350. The van der Waals surface area contributed by atoms with Gasteiger partial charge in [0.2, 0.25) is 0 Å². The molecule has 4 heteroatoms. The first-order chi connectivity index (χ1) is 8.24. The van der Waals surface area contributed by atoms with Crippen molar-refractivity contribution in [1.82, 2.24) is 9.97 Å². The lowest BCUT2D eigenvalue weighted by atomic mass is 9.96. The van der Waals surface area contributed by atoms with Crippen molar-refractivity contribution in [3.63, 3.8) is 0 Å². The van der Waals surface area contributed by atoms with Gasteiger partial charge in [0.05, 0.1) is 6.61 Å². The van der Waals surface area contributed by atoms with Crippen LogP contribution >= 0.6 is 0 Å². The number of aliphatic hydroxyl groups is 1. The van der Waals surface area contributed by atoms with E-state index in [-0.39, 0.29) is 6.61 Å². The fourth-order valence-electron chi connectivity index (χ4n) is 2.47. The molecule has 0 fully saturated rings. The zero-order valence-corrected chi connectivity index (χ0v) is 10.7. The number of rotatable bonds is 4. The third-order valence-corrected chi connectivity index (χ3v) is 3.34. The Morgan fingerprint density at radius 1 is 1.29 bits per heavy atom. The minimum atomic E-state index is 0.164. The molecule has 94 valence electrons. The lowest BCUT2D eigenvalue weighted by molar-refractivity contribution is 0.298. The molecule has 17 heavy (non-hydrogen) atoms. The molecule has 0 bridgehead atoms. The van der Waals surface area contributed by atoms with Crippen molar-refractivity contribution in [1.29, 1.82) is 0 Å². The standard InChI is InChI=1S/C13H21N3O/c1-10(2)16(7-8-17)13-11-5-3-4-6-12(11)14-9-15-13/h9-10,17H,3-8H2,1-2H3. The molecule has 1 heterocycles. The Labute approximate surface area is 103 Å². The molecule has 0 saturated heterocycles. The van der Waals surface area contributed by atoms with Crippen LogP contribution in [0.1, 0.15) is 37.9 Å². The van der Waals surface area contributed by atoms with E-state index in [4.69, 9.17) is 5.11 Å². The molecule has 1 N–H and O–H groups in total. The maximum Gasteiger partial charge on any atom is 0.135 e. The SMILES string of the molecule is CC(C)N(CCO)c1ncnc2c1CCCC2. The Kier molecular flexibility index (Phi) is 3.94. The van der Waals surface area contributed by atoms with E-state index in [1.54, 1.807) is 6.33 Å². The van der Waals surface area contributed by atoms with E-state index in [9.17, 15) is 0 Å². The molecular formula is C13H21N3O. The van der Waals surface area contributed by atoms with E-state index in [0.29, 0.717) is 12.6 Å². The average Bonchev–Trinajstić information content (AvgIpc) is 2.35. The maximum atomic E-state index is 9.17. The number of hydrogen-bond acceptors (Lipinski definition) is 4. The van der Waals surface area contributed by atoms with Crippen molar-refractivity contribution >= 4 is 5.82 Å². The van der Waals surface area contributed by atoms with Crippen molar-refractivity contribution in [2.45, 2.75) is 45.6 Å². The molecule has 0 spiro atoms. The molecule has 0 radical (unpaired) electrons. The molecule has 4 nitrogen and oxygen atoms in total. The van der Waals surface area contributed by atoms with Crippen molar-refractivity contribution < 1.29 is 5.11 Å². The molecule has 0 aliphatic heterocycles. The van der Waals surface area contributed by atoms with Gasteiger partial charge >= 0.3 is 0 Å². The molecule has 0 aromatic carbocycles. The van der Waals surface area contributed by atoms with Crippen molar-refractivity contribution in [3.8, 4) is 0 Å². The van der Waals surface area contributed by atoms with E-state index < -0.39 is 0 Å². The molecule has 0 unspecified atom stereocenters. The zero-order valence-electron chi connectivity index (χ0n) is 10.7. The van der Waals surface area contributed by atoms with Gasteiger partial charge in [-0.3, -0.25) is 0 Å². The summed E-state index contributed by atoms with van der Waals surface area (Å²) < 4.78 is 0. The predicted octanol–water partition coefficient (Wildman–Crippen LogP) is 1.56. The average molecular weight is 235 g/mol. The second-order valence-electron chi connectivity index (χ2n) is 4.84. The highest BCUT2D eigenvalue weighted by molar-refractivity contribution is 5.50. The Morgan fingerprint density at radius 3 is 2.76 bits per heavy atom. The molecule has 1 aliphatic carbocycles. The van der Waals surface area contributed by atoms with Crippen LogP contribution in [0, 0.1) is 0 Å². The first-order valence-corrected chi connectivity index (χ1v) is 6.44. The van der Waals surface area contributed by atoms with E-state index in [1.807, 2.05) is 0 Å². The van der Waals surface area contributed by atoms with Gasteiger partial charge in [0.1, 0.15) is 12.1 Å². The summed E-state index contributed by atoms with van der Waals surface area (Å²) in [5.41, 5.74) is 2.49. The number of fused-ring (bicyclic) bond motifs is 1. The Balaban J connectivity index is 2.35. The number of nitrogens with zero attached hydrogens (tertiary/aromatic N) is 3. The quantitative estimate of drug-likeness (QED) is 0.860. The second-order valence-corrected chi connectivity index (χ2v) is 4.84. The van der Waals surface area contributed by atoms with Crippen LogP contribution < -0.4 is 4.90 Å². The summed E-state index contributed by atoms with van der Waals surface area (Å²) in [6.45, 7) is 5.07. The van der Waals surface area contributed by atoms with Crippen LogP contribution in [0.5, 0.6) is 0 Å². The number of aromatic nitrogens is 2. The van der Waals surface area contributed by atoms with Gasteiger partial charge in [0.15, 0.2) is 0 Å². The van der Waals surface area contributed by atoms with Crippen molar-refractivity contribution in [3.05, 3.63) is 17.6 Å². The van der Waals surface area contributed by atoms with Gasteiger partial charge in [-0.25, -0.2) is 9.97 Å². The highest BCUT2D eigenvalue weighted by Gasteiger charge is 2.20. The number of aryl methyl sites for hydroxylation is 1. The summed E-state index contributed by atoms with van der Waals surface area (Å²) in [4.78, 5) is 11.0. The Morgan fingerprint density at radius 2 is 2.06 bits per heavy atom. The number of aliphatic hydroxyl groups excluding tert-OH is 1. The first kappa shape index (κ1) is 12.3. The third kappa shape index (κ3) is 2.57. The van der Waals surface area contributed by atoms with Gasteiger partial charge < -0.3 is 10.0 Å². The summed E-state index contributed by atoms with van der Waals surface area (Å²) in [5, 5.41) is 9.17. The summed E-state index contributed by atoms with van der Waals surface area (Å²) in [6.07, 6.45) is 6.24. The lowest BCUT2D eigenvalue weighted by Crippen LogP contribution is -2.35. The first-order valence-electron chi connectivity index (χ1n) is 6.44. The molecule has 2 rings (SSSR count). The minimum absolute atomic E-state index is 0.164. The molecule has 1 aromatic heterocycles. The van der Waals surface area contributed by atoms with Crippen LogP contribution in [0.25, 0.3) is 0 Å². The van der Waals surface area contributed by atoms with Gasteiger partial charge in [0.25, 0.3) is 0 Å². The molecule has 0 amide bonds. The van der Waals surface area contributed by atoms with Crippen LogP contribution in [0.2, 0.25) is 0 Å². The zero-order chi connectivity index (χ0) is 12.3. The molecule has 1 aliphatic rings. The minimum Gasteiger partial charge on any atom is -0.395 e. The highest BCUT2D eigenvalue weighted by Crippen LogP contribution is 2.27. The largest absolute Gasteiger partial charge is 0.395 e. The lowest BCUT2D eigenvalue weighted by Gasteiger charge is -2.30. The fourth-order valence-corrected chi connectivity index (χ4v) is 2.47. The molecular weight excluding hydrogens is 214 g/mol. The van der Waals surface area contributed by atoms with Gasteiger partial charge in [-0.15, -0.1) is 0 Å². The van der Waals surface area contributed by atoms with Crippen LogP contribution in [0.15, 0.2) is 6.33 Å².